The van der Waals surface area contributed by atoms with E-state index in [4.69, 9.17) is 9.84 Å². The summed E-state index contributed by atoms with van der Waals surface area (Å²) in [6, 6.07) is 3.91. The first kappa shape index (κ1) is 16.8. The molecule has 1 aromatic carbocycles. The number of carbonyl (C=O) groups is 2. The summed E-state index contributed by atoms with van der Waals surface area (Å²) in [7, 11) is 1.46. The van der Waals surface area contributed by atoms with Crippen molar-refractivity contribution < 1.29 is 19.4 Å². The summed E-state index contributed by atoms with van der Waals surface area (Å²) >= 11 is 0. The summed E-state index contributed by atoms with van der Waals surface area (Å²) in [5.41, 5.74) is 0.411. The Labute approximate surface area is 124 Å². The Morgan fingerprint density at radius 2 is 2.00 bits per heavy atom. The number of amides is 2. The molecule has 0 atom stereocenters. The van der Waals surface area contributed by atoms with E-state index in [2.05, 4.69) is 31.4 Å². The first-order valence-corrected chi connectivity index (χ1v) is 6.75. The molecule has 1 rings (SSSR count). The first-order chi connectivity index (χ1) is 9.79. The van der Waals surface area contributed by atoms with Gasteiger partial charge in [0.05, 0.1) is 18.4 Å². The van der Waals surface area contributed by atoms with E-state index >= 15 is 0 Å². The van der Waals surface area contributed by atoms with E-state index < -0.39 is 12.0 Å². The van der Waals surface area contributed by atoms with E-state index in [0.717, 1.165) is 6.42 Å². The summed E-state index contributed by atoms with van der Waals surface area (Å²) in [4.78, 5) is 22.9. The summed E-state index contributed by atoms with van der Waals surface area (Å²) in [6.07, 6.45) is 0.936. The Morgan fingerprint density at radius 1 is 1.33 bits per heavy atom. The highest BCUT2D eigenvalue weighted by Crippen LogP contribution is 2.25. The number of hydrogen-bond donors (Lipinski definition) is 3. The van der Waals surface area contributed by atoms with Crippen LogP contribution in [0, 0.1) is 5.41 Å². The maximum Gasteiger partial charge on any atom is 0.335 e. The zero-order valence-electron chi connectivity index (χ0n) is 12.8. The normalized spacial score (nSPS) is 10.9. The molecule has 0 aromatic heterocycles. The van der Waals surface area contributed by atoms with Crippen LogP contribution >= 0.6 is 0 Å². The highest BCUT2D eigenvalue weighted by molar-refractivity contribution is 5.94. The molecule has 0 heterocycles. The highest BCUT2D eigenvalue weighted by atomic mass is 16.5. The third kappa shape index (κ3) is 4.98. The smallest absolute Gasteiger partial charge is 0.335 e. The largest absolute Gasteiger partial charge is 0.495 e. The van der Waals surface area contributed by atoms with Crippen molar-refractivity contribution in [3.8, 4) is 5.75 Å². The van der Waals surface area contributed by atoms with Gasteiger partial charge < -0.3 is 20.5 Å². The van der Waals surface area contributed by atoms with Gasteiger partial charge in [0.25, 0.3) is 0 Å². The van der Waals surface area contributed by atoms with Gasteiger partial charge in [0.15, 0.2) is 0 Å². The molecule has 0 radical (unpaired) electrons. The van der Waals surface area contributed by atoms with Crippen molar-refractivity contribution in [2.24, 2.45) is 5.41 Å². The van der Waals surface area contributed by atoms with Crippen LogP contribution in [-0.4, -0.2) is 30.8 Å². The second-order valence-electron chi connectivity index (χ2n) is 5.55. The van der Waals surface area contributed by atoms with Gasteiger partial charge in [-0.1, -0.05) is 20.8 Å². The van der Waals surface area contributed by atoms with E-state index in [1.807, 2.05) is 0 Å². The minimum atomic E-state index is -1.06. The molecular weight excluding hydrogens is 272 g/mol. The number of aromatic carboxylic acids is 1. The Morgan fingerprint density at radius 3 is 2.52 bits per heavy atom. The van der Waals surface area contributed by atoms with Gasteiger partial charge in [-0.3, -0.25) is 0 Å². The Hall–Kier alpha value is -2.24. The molecule has 0 aliphatic rings. The lowest BCUT2D eigenvalue weighted by Crippen LogP contribution is -2.36. The SMILES string of the molecule is CCC(C)(C)CNC(=O)Nc1cc(C(=O)O)ccc1OC. The van der Waals surface area contributed by atoms with Crippen LogP contribution in [0.3, 0.4) is 0 Å². The molecule has 1 aromatic rings. The summed E-state index contributed by atoms with van der Waals surface area (Å²) < 4.78 is 5.11. The number of carboxylic acids is 1. The van der Waals surface area contributed by atoms with Crippen molar-refractivity contribution in [1.29, 1.82) is 0 Å². The van der Waals surface area contributed by atoms with Crippen molar-refractivity contribution in [3.63, 3.8) is 0 Å². The maximum absolute atomic E-state index is 11.9. The monoisotopic (exact) mass is 294 g/mol. The fourth-order valence-corrected chi connectivity index (χ4v) is 1.55. The van der Waals surface area contributed by atoms with Crippen molar-refractivity contribution in [2.75, 3.05) is 19.0 Å². The number of benzene rings is 1. The van der Waals surface area contributed by atoms with Crippen LogP contribution in [-0.2, 0) is 0 Å². The van der Waals surface area contributed by atoms with E-state index in [1.54, 1.807) is 0 Å². The quantitative estimate of drug-likeness (QED) is 0.752. The van der Waals surface area contributed by atoms with Crippen molar-refractivity contribution >= 4 is 17.7 Å². The fourth-order valence-electron chi connectivity index (χ4n) is 1.55. The van der Waals surface area contributed by atoms with Gasteiger partial charge in [0.2, 0.25) is 0 Å². The molecular formula is C15H22N2O4. The van der Waals surface area contributed by atoms with Gasteiger partial charge in [-0.25, -0.2) is 9.59 Å². The molecule has 0 bridgehead atoms. The molecule has 0 unspecified atom stereocenters. The standard InChI is InChI=1S/C15H22N2O4/c1-5-15(2,3)9-16-14(20)17-11-8-10(13(18)19)6-7-12(11)21-4/h6-8H,5,9H2,1-4H3,(H,18,19)(H2,16,17,20). The van der Waals surface area contributed by atoms with Crippen LogP contribution < -0.4 is 15.4 Å². The average Bonchev–Trinajstić information content (AvgIpc) is 2.45. The molecule has 0 aliphatic heterocycles. The number of methoxy groups -OCH3 is 1. The summed E-state index contributed by atoms with van der Waals surface area (Å²) in [5.74, 6) is -0.655. The van der Waals surface area contributed by atoms with Crippen LogP contribution in [0.1, 0.15) is 37.6 Å². The van der Waals surface area contributed by atoms with Crippen molar-refractivity contribution in [3.05, 3.63) is 23.8 Å². The number of carboxylic acid groups (broad SMARTS) is 1. The minimum Gasteiger partial charge on any atom is -0.495 e. The molecule has 21 heavy (non-hydrogen) atoms. The number of anilines is 1. The van der Waals surface area contributed by atoms with Gasteiger partial charge in [0, 0.05) is 6.54 Å². The van der Waals surface area contributed by atoms with E-state index in [-0.39, 0.29) is 11.0 Å². The number of ether oxygens (including phenoxy) is 1. The molecule has 0 aliphatic carbocycles. The number of urea groups is 1. The summed E-state index contributed by atoms with van der Waals surface area (Å²) in [5, 5.41) is 14.4. The van der Waals surface area contributed by atoms with E-state index in [0.29, 0.717) is 18.0 Å². The molecule has 3 N–H and O–H groups in total. The topological polar surface area (TPSA) is 87.7 Å². The van der Waals surface area contributed by atoms with E-state index in [9.17, 15) is 9.59 Å². The Bertz CT molecular complexity index is 526. The van der Waals surface area contributed by atoms with Crippen molar-refractivity contribution in [1.82, 2.24) is 5.32 Å². The highest BCUT2D eigenvalue weighted by Gasteiger charge is 2.17. The van der Waals surface area contributed by atoms with Gasteiger partial charge in [-0.2, -0.15) is 0 Å². The molecule has 116 valence electrons. The second kappa shape index (κ2) is 6.97. The second-order valence-corrected chi connectivity index (χ2v) is 5.55. The number of carbonyl (C=O) groups excluding carboxylic acids is 1. The van der Waals surface area contributed by atoms with Gasteiger partial charge in [-0.05, 0) is 30.0 Å². The van der Waals surface area contributed by atoms with Gasteiger partial charge in [-0.15, -0.1) is 0 Å². The third-order valence-corrected chi connectivity index (χ3v) is 3.38. The predicted octanol–water partition coefficient (Wildman–Crippen LogP) is 2.95. The molecule has 6 heteroatoms. The lowest BCUT2D eigenvalue weighted by Gasteiger charge is -2.23. The molecule has 6 nitrogen and oxygen atoms in total. The molecule has 0 fully saturated rings. The van der Waals surface area contributed by atoms with Gasteiger partial charge in [0.1, 0.15) is 5.75 Å². The first-order valence-electron chi connectivity index (χ1n) is 6.75. The van der Waals surface area contributed by atoms with Crippen molar-refractivity contribution in [2.45, 2.75) is 27.2 Å². The lowest BCUT2D eigenvalue weighted by molar-refractivity contribution is 0.0697. The molecule has 2 amide bonds. The average molecular weight is 294 g/mol. The van der Waals surface area contributed by atoms with E-state index in [1.165, 1.54) is 25.3 Å². The Balaban J connectivity index is 2.79. The lowest BCUT2D eigenvalue weighted by atomic mass is 9.90. The predicted molar refractivity (Wildman–Crippen MR) is 81.0 cm³/mol. The zero-order valence-corrected chi connectivity index (χ0v) is 12.8. The van der Waals surface area contributed by atoms with Crippen LogP contribution in [0.2, 0.25) is 0 Å². The van der Waals surface area contributed by atoms with Crippen LogP contribution in [0.4, 0.5) is 10.5 Å². The molecule has 0 saturated heterocycles. The maximum atomic E-state index is 11.9. The van der Waals surface area contributed by atoms with Gasteiger partial charge >= 0.3 is 12.0 Å². The summed E-state index contributed by atoms with van der Waals surface area (Å²) in [6.45, 7) is 6.69. The molecule has 0 saturated carbocycles. The third-order valence-electron chi connectivity index (χ3n) is 3.38. The number of hydrogen-bond acceptors (Lipinski definition) is 3. The van der Waals surface area contributed by atoms with Crippen LogP contribution in [0.5, 0.6) is 5.75 Å². The Kier molecular flexibility index (Phi) is 5.58. The minimum absolute atomic E-state index is 0.00430. The fraction of sp³-hybridized carbons (Fsp3) is 0.467. The number of rotatable bonds is 6. The zero-order chi connectivity index (χ0) is 16.0. The molecule has 0 spiro atoms. The number of nitrogens with one attached hydrogen (secondary N) is 2. The van der Waals surface area contributed by atoms with Crippen LogP contribution in [0.15, 0.2) is 18.2 Å². The van der Waals surface area contributed by atoms with Crippen LogP contribution in [0.25, 0.3) is 0 Å².